The first kappa shape index (κ1) is 12.4. The lowest BCUT2D eigenvalue weighted by atomic mass is 9.94. The molecule has 1 aliphatic carbocycles. The zero-order valence-electron chi connectivity index (χ0n) is 10.7. The summed E-state index contributed by atoms with van der Waals surface area (Å²) in [5, 5.41) is 2.82. The molecule has 0 bridgehead atoms. The first-order chi connectivity index (χ1) is 8.09. The Morgan fingerprint density at radius 1 is 1.24 bits per heavy atom. The highest BCUT2D eigenvalue weighted by molar-refractivity contribution is 6.04. The predicted molar refractivity (Wildman–Crippen MR) is 65.5 cm³/mol. The second-order valence-electron chi connectivity index (χ2n) is 5.63. The standard InChI is InChI=1S/C13H22N2O2/c1-9(2)8-11-12(16)15(13(17)14-11)10-6-4-3-5-7-10/h9-11H,3-8H2,1-2H3,(H,14,17)/t11-/m0/s1. The van der Waals surface area contributed by atoms with Gasteiger partial charge in [0.05, 0.1) is 0 Å². The van der Waals surface area contributed by atoms with Crippen molar-refractivity contribution in [2.75, 3.05) is 0 Å². The van der Waals surface area contributed by atoms with Crippen molar-refractivity contribution in [1.82, 2.24) is 10.2 Å². The van der Waals surface area contributed by atoms with E-state index in [9.17, 15) is 9.59 Å². The Labute approximate surface area is 103 Å². The van der Waals surface area contributed by atoms with Crippen LogP contribution >= 0.6 is 0 Å². The van der Waals surface area contributed by atoms with Crippen LogP contribution in [0.1, 0.15) is 52.4 Å². The van der Waals surface area contributed by atoms with E-state index >= 15 is 0 Å². The van der Waals surface area contributed by atoms with Gasteiger partial charge >= 0.3 is 6.03 Å². The molecule has 2 rings (SSSR count). The molecule has 1 saturated carbocycles. The van der Waals surface area contributed by atoms with Gasteiger partial charge in [0, 0.05) is 6.04 Å². The molecule has 0 unspecified atom stereocenters. The Hall–Kier alpha value is -1.06. The highest BCUT2D eigenvalue weighted by Crippen LogP contribution is 2.26. The number of hydrogen-bond donors (Lipinski definition) is 1. The molecule has 4 heteroatoms. The van der Waals surface area contributed by atoms with Crippen LogP contribution in [0.5, 0.6) is 0 Å². The Balaban J connectivity index is 2.02. The van der Waals surface area contributed by atoms with Crippen LogP contribution in [0.2, 0.25) is 0 Å². The van der Waals surface area contributed by atoms with Crippen molar-refractivity contribution in [3.63, 3.8) is 0 Å². The van der Waals surface area contributed by atoms with Gasteiger partial charge in [-0.3, -0.25) is 9.69 Å². The summed E-state index contributed by atoms with van der Waals surface area (Å²) in [4.78, 5) is 25.6. The molecule has 1 N–H and O–H groups in total. The van der Waals surface area contributed by atoms with Crippen LogP contribution in [0.3, 0.4) is 0 Å². The quantitative estimate of drug-likeness (QED) is 0.767. The topological polar surface area (TPSA) is 49.4 Å². The SMILES string of the molecule is CC(C)C[C@@H]1NC(=O)N(C2CCCCC2)C1=O. The van der Waals surface area contributed by atoms with Crippen LogP contribution in [0.15, 0.2) is 0 Å². The van der Waals surface area contributed by atoms with Crippen LogP contribution in [-0.4, -0.2) is 28.9 Å². The van der Waals surface area contributed by atoms with E-state index in [1.165, 1.54) is 11.3 Å². The smallest absolute Gasteiger partial charge is 0.325 e. The molecular weight excluding hydrogens is 216 g/mol. The second-order valence-corrected chi connectivity index (χ2v) is 5.63. The van der Waals surface area contributed by atoms with E-state index in [0.29, 0.717) is 5.92 Å². The predicted octanol–water partition coefficient (Wildman–Crippen LogP) is 2.29. The fourth-order valence-electron chi connectivity index (χ4n) is 2.86. The van der Waals surface area contributed by atoms with Gasteiger partial charge in [-0.25, -0.2) is 4.79 Å². The average molecular weight is 238 g/mol. The zero-order valence-corrected chi connectivity index (χ0v) is 10.7. The van der Waals surface area contributed by atoms with Crippen molar-refractivity contribution in [1.29, 1.82) is 0 Å². The number of nitrogens with zero attached hydrogens (tertiary/aromatic N) is 1. The molecule has 17 heavy (non-hydrogen) atoms. The van der Waals surface area contributed by atoms with Gasteiger partial charge in [-0.2, -0.15) is 0 Å². The van der Waals surface area contributed by atoms with Gasteiger partial charge < -0.3 is 5.32 Å². The maximum atomic E-state index is 12.2. The van der Waals surface area contributed by atoms with Crippen molar-refractivity contribution in [2.45, 2.75) is 64.5 Å². The van der Waals surface area contributed by atoms with Crippen molar-refractivity contribution >= 4 is 11.9 Å². The fourth-order valence-corrected chi connectivity index (χ4v) is 2.86. The summed E-state index contributed by atoms with van der Waals surface area (Å²) in [6.45, 7) is 4.14. The largest absolute Gasteiger partial charge is 0.326 e. The maximum Gasteiger partial charge on any atom is 0.325 e. The van der Waals surface area contributed by atoms with Crippen molar-refractivity contribution in [3.8, 4) is 0 Å². The molecule has 1 atom stereocenters. The van der Waals surface area contributed by atoms with Gasteiger partial charge in [0.2, 0.25) is 0 Å². The molecule has 0 spiro atoms. The minimum atomic E-state index is -0.288. The number of amides is 3. The third kappa shape index (κ3) is 2.61. The van der Waals surface area contributed by atoms with Gasteiger partial charge in [0.15, 0.2) is 0 Å². The van der Waals surface area contributed by atoms with Crippen LogP contribution in [0.4, 0.5) is 4.79 Å². The van der Waals surface area contributed by atoms with Crippen molar-refractivity contribution < 1.29 is 9.59 Å². The van der Waals surface area contributed by atoms with E-state index in [0.717, 1.165) is 32.1 Å². The van der Waals surface area contributed by atoms with E-state index in [1.807, 2.05) is 0 Å². The van der Waals surface area contributed by atoms with Gasteiger partial charge in [-0.1, -0.05) is 33.1 Å². The number of carbonyl (C=O) groups is 2. The molecule has 1 saturated heterocycles. The number of carbonyl (C=O) groups excluding carboxylic acids is 2. The molecule has 96 valence electrons. The van der Waals surface area contributed by atoms with E-state index in [-0.39, 0.29) is 24.0 Å². The van der Waals surface area contributed by atoms with Gasteiger partial charge in [0.25, 0.3) is 5.91 Å². The fraction of sp³-hybridized carbons (Fsp3) is 0.846. The normalized spacial score (nSPS) is 26.8. The lowest BCUT2D eigenvalue weighted by molar-refractivity contribution is -0.129. The second kappa shape index (κ2) is 5.07. The first-order valence-electron chi connectivity index (χ1n) is 6.73. The maximum absolute atomic E-state index is 12.2. The van der Waals surface area contributed by atoms with Gasteiger partial charge in [-0.15, -0.1) is 0 Å². The molecule has 0 aromatic carbocycles. The third-order valence-electron chi connectivity index (χ3n) is 3.70. The average Bonchev–Trinajstić information content (AvgIpc) is 2.54. The molecule has 1 aliphatic heterocycles. The first-order valence-corrected chi connectivity index (χ1v) is 6.73. The number of nitrogens with one attached hydrogen (secondary N) is 1. The van der Waals surface area contributed by atoms with E-state index in [4.69, 9.17) is 0 Å². The van der Waals surface area contributed by atoms with Crippen LogP contribution < -0.4 is 5.32 Å². The summed E-state index contributed by atoms with van der Waals surface area (Å²) in [5.41, 5.74) is 0. The molecule has 4 nitrogen and oxygen atoms in total. The number of rotatable bonds is 3. The van der Waals surface area contributed by atoms with Gasteiger partial charge in [0.1, 0.15) is 6.04 Å². The molecule has 3 amide bonds. The lowest BCUT2D eigenvalue weighted by Gasteiger charge is -2.28. The monoisotopic (exact) mass is 238 g/mol. The third-order valence-corrected chi connectivity index (χ3v) is 3.70. The summed E-state index contributed by atoms with van der Waals surface area (Å²) in [7, 11) is 0. The summed E-state index contributed by atoms with van der Waals surface area (Å²) < 4.78 is 0. The molecule has 1 heterocycles. The van der Waals surface area contributed by atoms with Crippen LogP contribution in [-0.2, 0) is 4.79 Å². The Morgan fingerprint density at radius 3 is 2.47 bits per heavy atom. The Kier molecular flexibility index (Phi) is 3.69. The molecule has 2 aliphatic rings. The summed E-state index contributed by atoms with van der Waals surface area (Å²) in [6.07, 6.45) is 6.21. The van der Waals surface area contributed by atoms with E-state index in [2.05, 4.69) is 19.2 Å². The summed E-state index contributed by atoms with van der Waals surface area (Å²) >= 11 is 0. The summed E-state index contributed by atoms with van der Waals surface area (Å²) in [5.74, 6) is 0.422. The molecule has 0 radical (unpaired) electrons. The van der Waals surface area contributed by atoms with E-state index in [1.54, 1.807) is 0 Å². The molecule has 0 aromatic rings. The molecular formula is C13H22N2O2. The van der Waals surface area contributed by atoms with Gasteiger partial charge in [-0.05, 0) is 25.2 Å². The van der Waals surface area contributed by atoms with E-state index < -0.39 is 0 Å². The van der Waals surface area contributed by atoms with Crippen LogP contribution in [0, 0.1) is 5.92 Å². The minimum Gasteiger partial charge on any atom is -0.326 e. The number of imide groups is 1. The zero-order chi connectivity index (χ0) is 12.4. The highest BCUT2D eigenvalue weighted by Gasteiger charge is 2.41. The molecule has 2 fully saturated rings. The molecule has 0 aromatic heterocycles. The number of urea groups is 1. The highest BCUT2D eigenvalue weighted by atomic mass is 16.2. The van der Waals surface area contributed by atoms with Crippen molar-refractivity contribution in [3.05, 3.63) is 0 Å². The minimum absolute atomic E-state index is 0.00407. The van der Waals surface area contributed by atoms with Crippen LogP contribution in [0.25, 0.3) is 0 Å². The number of hydrogen-bond acceptors (Lipinski definition) is 2. The Morgan fingerprint density at radius 2 is 1.88 bits per heavy atom. The summed E-state index contributed by atoms with van der Waals surface area (Å²) in [6, 6.07) is -0.314. The lowest BCUT2D eigenvalue weighted by Crippen LogP contribution is -2.42. The Bertz CT molecular complexity index is 309. The van der Waals surface area contributed by atoms with Crippen molar-refractivity contribution in [2.24, 2.45) is 5.92 Å².